The van der Waals surface area contributed by atoms with E-state index in [1.54, 1.807) is 12.1 Å². The lowest BCUT2D eigenvalue weighted by molar-refractivity contribution is -0.394. The van der Waals surface area contributed by atoms with Crippen LogP contribution in [0.25, 0.3) is 22.9 Å². The Labute approximate surface area is 199 Å². The van der Waals surface area contributed by atoms with Crippen molar-refractivity contribution in [2.75, 3.05) is 7.11 Å². The predicted octanol–water partition coefficient (Wildman–Crippen LogP) is 6.05. The molecular formula is C26H18N2O7. The van der Waals surface area contributed by atoms with Crippen molar-refractivity contribution in [3.8, 4) is 11.5 Å². The molecule has 0 radical (unpaired) electrons. The van der Waals surface area contributed by atoms with Gasteiger partial charge in [0.1, 0.15) is 0 Å². The summed E-state index contributed by atoms with van der Waals surface area (Å²) in [7, 11) is 1.41. The number of ether oxygens (including phenoxy) is 2. The number of methoxy groups -OCH3 is 1. The van der Waals surface area contributed by atoms with E-state index in [0.29, 0.717) is 0 Å². The maximum atomic E-state index is 12.6. The van der Waals surface area contributed by atoms with Gasteiger partial charge in [-0.15, -0.1) is 0 Å². The van der Waals surface area contributed by atoms with Crippen molar-refractivity contribution in [1.82, 2.24) is 0 Å². The molecule has 0 N–H and O–H groups in total. The third-order valence-electron chi connectivity index (χ3n) is 5.23. The Bertz CT molecular complexity index is 1460. The van der Waals surface area contributed by atoms with Crippen molar-refractivity contribution in [3.63, 3.8) is 0 Å². The van der Waals surface area contributed by atoms with Crippen LogP contribution < -0.4 is 9.47 Å². The summed E-state index contributed by atoms with van der Waals surface area (Å²) in [6.45, 7) is 0. The minimum atomic E-state index is -0.992. The molecule has 9 heteroatoms. The number of non-ortho nitro benzene ring substituents is 2. The van der Waals surface area contributed by atoms with Crippen LogP contribution in [-0.4, -0.2) is 22.9 Å². The summed E-state index contributed by atoms with van der Waals surface area (Å²) in [5.74, 6) is -0.679. The van der Waals surface area contributed by atoms with Crippen LogP contribution in [0.1, 0.15) is 21.5 Å². The van der Waals surface area contributed by atoms with E-state index >= 15 is 0 Å². The number of carbonyl (C=O) groups excluding carboxylic acids is 1. The molecule has 0 aromatic heterocycles. The maximum absolute atomic E-state index is 12.6. The molecule has 4 aromatic carbocycles. The molecule has 0 aliphatic rings. The highest BCUT2D eigenvalue weighted by Gasteiger charge is 2.22. The van der Waals surface area contributed by atoms with E-state index in [-0.39, 0.29) is 17.1 Å². The van der Waals surface area contributed by atoms with Gasteiger partial charge in [-0.25, -0.2) is 4.79 Å². The van der Waals surface area contributed by atoms with Gasteiger partial charge in [0.15, 0.2) is 11.5 Å². The van der Waals surface area contributed by atoms with Gasteiger partial charge in [0.2, 0.25) is 0 Å². The number of esters is 1. The number of nitro groups is 2. The summed E-state index contributed by atoms with van der Waals surface area (Å²) in [5, 5.41) is 24.4. The topological polar surface area (TPSA) is 122 Å². The third kappa shape index (κ3) is 5.14. The predicted molar refractivity (Wildman–Crippen MR) is 131 cm³/mol. The number of hydrogen-bond acceptors (Lipinski definition) is 7. The van der Waals surface area contributed by atoms with E-state index in [0.717, 1.165) is 40.1 Å². The second-order valence-electron chi connectivity index (χ2n) is 7.45. The highest BCUT2D eigenvalue weighted by molar-refractivity contribution is 5.94. The molecule has 0 amide bonds. The first-order valence-corrected chi connectivity index (χ1v) is 10.4. The molecule has 0 aliphatic carbocycles. The average molecular weight is 470 g/mol. The Hall–Kier alpha value is -5.05. The number of fused-ring (bicyclic) bond motifs is 1. The molecule has 174 valence electrons. The quantitative estimate of drug-likeness (QED) is 0.106. The van der Waals surface area contributed by atoms with Crippen LogP contribution in [-0.2, 0) is 0 Å². The van der Waals surface area contributed by atoms with Gasteiger partial charge in [0.25, 0.3) is 11.4 Å². The average Bonchev–Trinajstić information content (AvgIpc) is 2.87. The van der Waals surface area contributed by atoms with E-state index in [4.69, 9.17) is 9.47 Å². The molecule has 0 spiro atoms. The molecule has 0 saturated carbocycles. The molecule has 4 aromatic rings. The molecule has 4 rings (SSSR count). The summed E-state index contributed by atoms with van der Waals surface area (Å²) < 4.78 is 10.7. The van der Waals surface area contributed by atoms with Crippen LogP contribution in [0.5, 0.6) is 11.5 Å². The molecule has 9 nitrogen and oxygen atoms in total. The molecule has 35 heavy (non-hydrogen) atoms. The summed E-state index contributed by atoms with van der Waals surface area (Å²) in [6, 6.07) is 21.6. The van der Waals surface area contributed by atoms with Gasteiger partial charge >= 0.3 is 5.97 Å². The first-order chi connectivity index (χ1) is 16.9. The molecule has 0 bridgehead atoms. The van der Waals surface area contributed by atoms with Crippen LogP contribution in [0.15, 0.2) is 78.9 Å². The second kappa shape index (κ2) is 9.84. The summed E-state index contributed by atoms with van der Waals surface area (Å²) >= 11 is 0. The van der Waals surface area contributed by atoms with Gasteiger partial charge in [0.05, 0.1) is 28.6 Å². The number of nitrogens with zero attached hydrogens (tertiary/aromatic N) is 2. The van der Waals surface area contributed by atoms with Crippen molar-refractivity contribution in [3.05, 3.63) is 116 Å². The summed E-state index contributed by atoms with van der Waals surface area (Å²) in [4.78, 5) is 33.2. The normalized spacial score (nSPS) is 10.9. The fourth-order valence-corrected chi connectivity index (χ4v) is 3.54. The first kappa shape index (κ1) is 23.1. The standard InChI is InChI=1S/C26H18N2O7/c1-34-25-13-17(9-11-19-7-4-6-18-5-2-3-8-23(18)19)10-12-24(25)35-26(29)20-14-21(27(30)31)16-22(15-20)28(32)33/h2-16H,1H3/b11-9+. The number of hydrogen-bond donors (Lipinski definition) is 0. The minimum absolute atomic E-state index is 0.0639. The highest BCUT2D eigenvalue weighted by Crippen LogP contribution is 2.31. The van der Waals surface area contributed by atoms with Crippen LogP contribution in [0.3, 0.4) is 0 Å². The molecule has 0 heterocycles. The van der Waals surface area contributed by atoms with Crippen molar-refractivity contribution < 1.29 is 24.1 Å². The van der Waals surface area contributed by atoms with Crippen molar-refractivity contribution in [2.45, 2.75) is 0 Å². The molecule has 0 aliphatic heterocycles. The largest absolute Gasteiger partial charge is 0.493 e. The first-order valence-electron chi connectivity index (χ1n) is 10.4. The van der Waals surface area contributed by atoms with Crippen LogP contribution >= 0.6 is 0 Å². The van der Waals surface area contributed by atoms with Gasteiger partial charge in [-0.1, -0.05) is 60.7 Å². The Morgan fingerprint density at radius 2 is 1.49 bits per heavy atom. The fourth-order valence-electron chi connectivity index (χ4n) is 3.54. The molecular weight excluding hydrogens is 452 g/mol. The minimum Gasteiger partial charge on any atom is -0.493 e. The smallest absolute Gasteiger partial charge is 0.344 e. The van der Waals surface area contributed by atoms with E-state index in [1.807, 2.05) is 54.6 Å². The van der Waals surface area contributed by atoms with Gasteiger partial charge in [0, 0.05) is 12.1 Å². The lowest BCUT2D eigenvalue weighted by Gasteiger charge is -2.10. The van der Waals surface area contributed by atoms with Crippen molar-refractivity contribution in [1.29, 1.82) is 0 Å². The zero-order chi connectivity index (χ0) is 24.9. The van der Waals surface area contributed by atoms with Crippen LogP contribution in [0.4, 0.5) is 11.4 Å². The van der Waals surface area contributed by atoms with Crippen LogP contribution in [0.2, 0.25) is 0 Å². The molecule has 0 fully saturated rings. The number of benzene rings is 4. The van der Waals surface area contributed by atoms with E-state index in [9.17, 15) is 25.0 Å². The lowest BCUT2D eigenvalue weighted by Crippen LogP contribution is -2.10. The van der Waals surface area contributed by atoms with Gasteiger partial charge in [-0.2, -0.15) is 0 Å². The molecule has 0 atom stereocenters. The van der Waals surface area contributed by atoms with E-state index < -0.39 is 27.2 Å². The number of rotatable bonds is 7. The third-order valence-corrected chi connectivity index (χ3v) is 5.23. The molecule has 0 saturated heterocycles. The van der Waals surface area contributed by atoms with Gasteiger partial charge in [-0.3, -0.25) is 20.2 Å². The molecule has 0 unspecified atom stereocenters. The zero-order valence-corrected chi connectivity index (χ0v) is 18.4. The highest BCUT2D eigenvalue weighted by atomic mass is 16.6. The summed E-state index contributed by atoms with van der Waals surface area (Å²) in [6.07, 6.45) is 3.85. The van der Waals surface area contributed by atoms with Crippen molar-refractivity contribution >= 4 is 40.3 Å². The lowest BCUT2D eigenvalue weighted by atomic mass is 10.0. The Kier molecular flexibility index (Phi) is 6.50. The number of carbonyl (C=O) groups is 1. The number of nitro benzene ring substituents is 2. The second-order valence-corrected chi connectivity index (χ2v) is 7.45. The SMILES string of the molecule is COc1cc(/C=C/c2cccc3ccccc23)ccc1OC(=O)c1cc([N+](=O)[O-])cc([N+](=O)[O-])c1. The Balaban J connectivity index is 1.59. The zero-order valence-electron chi connectivity index (χ0n) is 18.4. The van der Waals surface area contributed by atoms with Crippen LogP contribution in [0, 0.1) is 20.2 Å². The van der Waals surface area contributed by atoms with E-state index in [1.165, 1.54) is 13.2 Å². The Morgan fingerprint density at radius 1 is 0.800 bits per heavy atom. The van der Waals surface area contributed by atoms with Crippen molar-refractivity contribution in [2.24, 2.45) is 0 Å². The fraction of sp³-hybridized carbons (Fsp3) is 0.0385. The summed E-state index contributed by atoms with van der Waals surface area (Å²) in [5.41, 5.74) is 0.303. The Morgan fingerprint density at radius 3 is 2.17 bits per heavy atom. The maximum Gasteiger partial charge on any atom is 0.344 e. The van der Waals surface area contributed by atoms with Gasteiger partial charge < -0.3 is 9.47 Å². The van der Waals surface area contributed by atoms with Gasteiger partial charge in [-0.05, 0) is 34.0 Å². The monoisotopic (exact) mass is 470 g/mol. The van der Waals surface area contributed by atoms with E-state index in [2.05, 4.69) is 0 Å².